The Balaban J connectivity index is 3.01. The van der Waals surface area contributed by atoms with Crippen molar-refractivity contribution >= 4 is 17.7 Å². The minimum absolute atomic E-state index is 0.266. The van der Waals surface area contributed by atoms with E-state index in [1.54, 1.807) is 25.3 Å². The molecule has 0 heterocycles. The predicted octanol–water partition coefficient (Wildman–Crippen LogP) is 2.67. The van der Waals surface area contributed by atoms with Crippen molar-refractivity contribution in [3.63, 3.8) is 0 Å². The lowest BCUT2D eigenvalue weighted by molar-refractivity contribution is 0.0696. The average Bonchev–Trinajstić information content (AvgIpc) is 2.25. The summed E-state index contributed by atoms with van der Waals surface area (Å²) in [5.41, 5.74) is 0.266. The predicted molar refractivity (Wildman–Crippen MR) is 60.9 cm³/mol. The molecule has 0 aliphatic heterocycles. The molecule has 0 fully saturated rings. The van der Waals surface area contributed by atoms with Crippen LogP contribution in [0.5, 0.6) is 5.75 Å². The Morgan fingerprint density at radius 2 is 2.40 bits per heavy atom. The molecule has 1 aromatic rings. The molecule has 1 aromatic carbocycles. The molecule has 0 saturated heterocycles. The van der Waals surface area contributed by atoms with Crippen molar-refractivity contribution in [1.82, 2.24) is 0 Å². The van der Waals surface area contributed by atoms with Crippen molar-refractivity contribution < 1.29 is 14.6 Å². The molecule has 3 nitrogen and oxygen atoms in total. The van der Waals surface area contributed by atoms with Crippen molar-refractivity contribution in [2.24, 2.45) is 0 Å². The molecule has 0 aliphatic carbocycles. The number of rotatable bonds is 5. The summed E-state index contributed by atoms with van der Waals surface area (Å²) in [4.78, 5) is 11.6. The van der Waals surface area contributed by atoms with Crippen LogP contribution in [-0.2, 0) is 0 Å². The van der Waals surface area contributed by atoms with Crippen LogP contribution in [0.4, 0.5) is 0 Å². The summed E-state index contributed by atoms with van der Waals surface area (Å²) in [6.07, 6.45) is 1.76. The van der Waals surface area contributed by atoms with E-state index in [2.05, 4.69) is 6.58 Å². The molecule has 0 bridgehead atoms. The number of ether oxygens (including phenoxy) is 1. The van der Waals surface area contributed by atoms with Crippen LogP contribution in [-0.4, -0.2) is 23.9 Å². The van der Waals surface area contributed by atoms with Gasteiger partial charge in [0.1, 0.15) is 5.75 Å². The third-order valence-corrected chi connectivity index (χ3v) is 2.80. The highest BCUT2D eigenvalue weighted by molar-refractivity contribution is 7.99. The van der Waals surface area contributed by atoms with Crippen LogP contribution in [0.1, 0.15) is 10.4 Å². The van der Waals surface area contributed by atoms with E-state index in [4.69, 9.17) is 9.84 Å². The van der Waals surface area contributed by atoms with Gasteiger partial charge in [0.25, 0.3) is 0 Å². The summed E-state index contributed by atoms with van der Waals surface area (Å²) in [6.45, 7) is 3.61. The van der Waals surface area contributed by atoms with Gasteiger partial charge in [-0.25, -0.2) is 4.79 Å². The number of carbonyl (C=O) groups is 1. The normalized spacial score (nSPS) is 9.67. The second-order valence-electron chi connectivity index (χ2n) is 2.77. The first-order valence-electron chi connectivity index (χ1n) is 4.34. The van der Waals surface area contributed by atoms with Gasteiger partial charge in [-0.1, -0.05) is 6.08 Å². The lowest BCUT2D eigenvalue weighted by Gasteiger charge is -2.07. The number of hydrogen-bond acceptors (Lipinski definition) is 3. The van der Waals surface area contributed by atoms with Crippen LogP contribution in [0, 0.1) is 0 Å². The quantitative estimate of drug-likeness (QED) is 0.617. The Kier molecular flexibility index (Phi) is 4.24. The van der Waals surface area contributed by atoms with Gasteiger partial charge in [0.15, 0.2) is 0 Å². The molecule has 0 saturated carbocycles. The Morgan fingerprint density at radius 1 is 1.67 bits per heavy atom. The summed E-state index contributed by atoms with van der Waals surface area (Å²) in [5.74, 6) is 0.476. The number of methoxy groups -OCH3 is 1. The molecule has 0 atom stereocenters. The van der Waals surface area contributed by atoms with E-state index in [-0.39, 0.29) is 5.56 Å². The van der Waals surface area contributed by atoms with Crippen molar-refractivity contribution in [2.45, 2.75) is 4.90 Å². The van der Waals surface area contributed by atoms with Crippen LogP contribution in [0.3, 0.4) is 0 Å². The van der Waals surface area contributed by atoms with Gasteiger partial charge in [0.2, 0.25) is 0 Å². The van der Waals surface area contributed by atoms with Crippen LogP contribution >= 0.6 is 11.8 Å². The van der Waals surface area contributed by atoms with Gasteiger partial charge in [0, 0.05) is 5.75 Å². The van der Waals surface area contributed by atoms with Crippen molar-refractivity contribution in [3.8, 4) is 5.75 Å². The van der Waals surface area contributed by atoms with Crippen LogP contribution in [0.15, 0.2) is 35.7 Å². The molecule has 0 radical (unpaired) electrons. The number of hydrogen-bond donors (Lipinski definition) is 1. The fourth-order valence-corrected chi connectivity index (χ4v) is 1.87. The van der Waals surface area contributed by atoms with Gasteiger partial charge in [0.05, 0.1) is 17.6 Å². The van der Waals surface area contributed by atoms with Crippen molar-refractivity contribution in [3.05, 3.63) is 36.4 Å². The average molecular weight is 224 g/mol. The molecular weight excluding hydrogens is 212 g/mol. The van der Waals surface area contributed by atoms with E-state index in [0.29, 0.717) is 5.75 Å². The molecule has 0 aliphatic rings. The summed E-state index contributed by atoms with van der Waals surface area (Å²) >= 11 is 1.50. The van der Waals surface area contributed by atoms with E-state index in [1.165, 1.54) is 17.8 Å². The molecule has 80 valence electrons. The lowest BCUT2D eigenvalue weighted by atomic mass is 10.2. The van der Waals surface area contributed by atoms with Crippen LogP contribution < -0.4 is 4.74 Å². The maximum absolute atomic E-state index is 10.8. The lowest BCUT2D eigenvalue weighted by Crippen LogP contribution is -1.97. The van der Waals surface area contributed by atoms with E-state index >= 15 is 0 Å². The first-order chi connectivity index (χ1) is 7.19. The Bertz CT molecular complexity index is 374. The van der Waals surface area contributed by atoms with Gasteiger partial charge in [-0.2, -0.15) is 0 Å². The van der Waals surface area contributed by atoms with Gasteiger partial charge in [-0.05, 0) is 18.2 Å². The molecule has 0 amide bonds. The molecule has 1 rings (SSSR count). The molecule has 0 aromatic heterocycles. The topological polar surface area (TPSA) is 46.5 Å². The third-order valence-electron chi connectivity index (χ3n) is 1.77. The fourth-order valence-electron chi connectivity index (χ4n) is 1.07. The minimum atomic E-state index is -0.932. The molecule has 15 heavy (non-hydrogen) atoms. The van der Waals surface area contributed by atoms with E-state index < -0.39 is 5.97 Å². The highest BCUT2D eigenvalue weighted by Crippen LogP contribution is 2.30. The van der Waals surface area contributed by atoms with Gasteiger partial charge in [-0.3, -0.25) is 0 Å². The summed E-state index contributed by atoms with van der Waals surface area (Å²) in [6, 6.07) is 4.79. The molecular formula is C11H12O3S. The van der Waals surface area contributed by atoms with E-state index in [0.717, 1.165) is 10.6 Å². The van der Waals surface area contributed by atoms with Crippen LogP contribution in [0.25, 0.3) is 0 Å². The summed E-state index contributed by atoms with van der Waals surface area (Å²) < 4.78 is 5.13. The van der Waals surface area contributed by atoms with Gasteiger partial charge < -0.3 is 9.84 Å². The number of benzene rings is 1. The maximum atomic E-state index is 10.8. The zero-order valence-corrected chi connectivity index (χ0v) is 9.21. The highest BCUT2D eigenvalue weighted by atomic mass is 32.2. The Morgan fingerprint density at radius 3 is 2.93 bits per heavy atom. The highest BCUT2D eigenvalue weighted by Gasteiger charge is 2.08. The number of carboxylic acid groups (broad SMARTS) is 1. The molecule has 4 heteroatoms. The Hall–Kier alpha value is -1.42. The van der Waals surface area contributed by atoms with Gasteiger partial charge in [-0.15, -0.1) is 18.3 Å². The van der Waals surface area contributed by atoms with E-state index in [9.17, 15) is 4.79 Å². The zero-order chi connectivity index (χ0) is 11.3. The molecule has 0 spiro atoms. The number of thioether (sulfide) groups is 1. The second-order valence-corrected chi connectivity index (χ2v) is 3.83. The third kappa shape index (κ3) is 3.02. The smallest absolute Gasteiger partial charge is 0.335 e. The number of aromatic carboxylic acids is 1. The monoisotopic (exact) mass is 224 g/mol. The zero-order valence-electron chi connectivity index (χ0n) is 8.40. The fraction of sp³-hybridized carbons (Fsp3) is 0.182. The first kappa shape index (κ1) is 11.7. The minimum Gasteiger partial charge on any atom is -0.496 e. The maximum Gasteiger partial charge on any atom is 0.335 e. The van der Waals surface area contributed by atoms with Crippen LogP contribution in [0.2, 0.25) is 0 Å². The molecule has 1 N–H and O–H groups in total. The SMILES string of the molecule is C=CCSc1cc(C(=O)O)ccc1OC. The van der Waals surface area contributed by atoms with Gasteiger partial charge >= 0.3 is 5.97 Å². The first-order valence-corrected chi connectivity index (χ1v) is 5.32. The largest absolute Gasteiger partial charge is 0.496 e. The van der Waals surface area contributed by atoms with Crippen molar-refractivity contribution in [1.29, 1.82) is 0 Å². The van der Waals surface area contributed by atoms with Crippen molar-refractivity contribution in [2.75, 3.05) is 12.9 Å². The Labute approximate surface area is 92.8 Å². The summed E-state index contributed by atoms with van der Waals surface area (Å²) in [5, 5.41) is 8.83. The summed E-state index contributed by atoms with van der Waals surface area (Å²) in [7, 11) is 1.56. The standard InChI is InChI=1S/C11H12O3S/c1-3-6-15-10-7-8(11(12)13)4-5-9(10)14-2/h3-5,7H,1,6H2,2H3,(H,12,13). The number of carboxylic acids is 1. The second kappa shape index (κ2) is 5.46. The molecule has 0 unspecified atom stereocenters. The van der Waals surface area contributed by atoms with E-state index in [1.807, 2.05) is 0 Å².